The second-order valence-corrected chi connectivity index (χ2v) is 6.46. The van der Waals surface area contributed by atoms with E-state index in [0.29, 0.717) is 0 Å². The molecule has 0 spiro atoms. The summed E-state index contributed by atoms with van der Waals surface area (Å²) >= 11 is 5.90. The van der Waals surface area contributed by atoms with E-state index in [-0.39, 0.29) is 0 Å². The van der Waals surface area contributed by atoms with Gasteiger partial charge in [-0.15, -0.1) is 0 Å². The topological polar surface area (TPSA) is 24.4 Å². The highest BCUT2D eigenvalue weighted by Gasteiger charge is 2.18. The van der Waals surface area contributed by atoms with Crippen molar-refractivity contribution < 1.29 is 0 Å². The molecule has 0 amide bonds. The van der Waals surface area contributed by atoms with E-state index in [4.69, 9.17) is 11.6 Å². The highest BCUT2D eigenvalue weighted by atomic mass is 35.5. The van der Waals surface area contributed by atoms with Crippen molar-refractivity contribution in [2.45, 2.75) is 13.3 Å². The highest BCUT2D eigenvalue weighted by molar-refractivity contribution is 6.30. The lowest BCUT2D eigenvalue weighted by atomic mass is 10.0. The van der Waals surface area contributed by atoms with Gasteiger partial charge in [-0.25, -0.2) is 0 Å². The number of hydrogen-bond donors (Lipinski definition) is 1. The molecular weight excluding hydrogens is 316 g/mol. The summed E-state index contributed by atoms with van der Waals surface area (Å²) in [6.07, 6.45) is 0.997. The standard InChI is InChI=1S/C21H17ClN2/c1-14(23-24-19-9-7-18(22)8-10-19)15-6-11-21-17(12-15)13-16-4-2-3-5-20(16)21/h2-12,24H,13H2,1H3/b23-14+. The van der Waals surface area contributed by atoms with Crippen molar-refractivity contribution in [1.29, 1.82) is 0 Å². The Balaban J connectivity index is 1.58. The van der Waals surface area contributed by atoms with Crippen LogP contribution < -0.4 is 5.43 Å². The van der Waals surface area contributed by atoms with E-state index in [1.165, 1.54) is 22.3 Å². The Bertz CT molecular complexity index is 927. The summed E-state index contributed by atoms with van der Waals surface area (Å²) in [5, 5.41) is 5.21. The van der Waals surface area contributed by atoms with E-state index in [1.807, 2.05) is 31.2 Å². The summed E-state index contributed by atoms with van der Waals surface area (Å²) in [6, 6.07) is 22.7. The van der Waals surface area contributed by atoms with Gasteiger partial charge in [-0.05, 0) is 71.5 Å². The number of hydrazone groups is 1. The molecule has 0 radical (unpaired) electrons. The molecular formula is C21H17ClN2. The van der Waals surface area contributed by atoms with Crippen LogP contribution in [0.15, 0.2) is 71.8 Å². The number of rotatable bonds is 3. The fourth-order valence-corrected chi connectivity index (χ4v) is 3.23. The van der Waals surface area contributed by atoms with E-state index < -0.39 is 0 Å². The van der Waals surface area contributed by atoms with Gasteiger partial charge in [0.05, 0.1) is 11.4 Å². The third kappa shape index (κ3) is 2.81. The summed E-state index contributed by atoms with van der Waals surface area (Å²) in [4.78, 5) is 0. The Morgan fingerprint density at radius 3 is 2.50 bits per heavy atom. The van der Waals surface area contributed by atoms with Crippen LogP contribution in [0.2, 0.25) is 5.02 Å². The number of benzene rings is 3. The molecule has 3 aromatic carbocycles. The minimum atomic E-state index is 0.722. The SMILES string of the molecule is C/C(=N\Nc1ccc(Cl)cc1)c1ccc2c(c1)Cc1ccccc1-2. The molecule has 24 heavy (non-hydrogen) atoms. The van der Waals surface area contributed by atoms with Crippen LogP contribution in [-0.4, -0.2) is 5.71 Å². The molecule has 1 aliphatic carbocycles. The molecule has 3 aromatic rings. The first kappa shape index (κ1) is 15.0. The van der Waals surface area contributed by atoms with Crippen molar-refractivity contribution in [2.75, 3.05) is 5.43 Å². The molecule has 2 nitrogen and oxygen atoms in total. The van der Waals surface area contributed by atoms with Gasteiger partial charge in [-0.2, -0.15) is 5.10 Å². The second-order valence-electron chi connectivity index (χ2n) is 6.02. The second kappa shape index (κ2) is 6.14. The van der Waals surface area contributed by atoms with Crippen LogP contribution in [0.5, 0.6) is 0 Å². The van der Waals surface area contributed by atoms with Crippen LogP contribution in [-0.2, 0) is 6.42 Å². The molecule has 1 aliphatic rings. The number of nitrogens with zero attached hydrogens (tertiary/aromatic N) is 1. The molecule has 4 rings (SSSR count). The lowest BCUT2D eigenvalue weighted by molar-refractivity contribution is 1.25. The maximum absolute atomic E-state index is 5.90. The molecule has 0 atom stereocenters. The predicted octanol–water partition coefficient (Wildman–Crippen LogP) is 5.75. The van der Waals surface area contributed by atoms with Crippen LogP contribution >= 0.6 is 11.6 Å². The van der Waals surface area contributed by atoms with Gasteiger partial charge in [0.2, 0.25) is 0 Å². The van der Waals surface area contributed by atoms with E-state index in [2.05, 4.69) is 53.0 Å². The summed E-state index contributed by atoms with van der Waals surface area (Å²) < 4.78 is 0. The summed E-state index contributed by atoms with van der Waals surface area (Å²) in [7, 11) is 0. The van der Waals surface area contributed by atoms with Gasteiger partial charge in [0.1, 0.15) is 0 Å². The zero-order valence-electron chi connectivity index (χ0n) is 13.4. The lowest BCUT2D eigenvalue weighted by Crippen LogP contribution is -2.00. The zero-order chi connectivity index (χ0) is 16.5. The quantitative estimate of drug-likeness (QED) is 0.375. The van der Waals surface area contributed by atoms with E-state index in [0.717, 1.165) is 28.4 Å². The molecule has 0 saturated carbocycles. The first-order valence-corrected chi connectivity index (χ1v) is 8.36. The Hall–Kier alpha value is -2.58. The smallest absolute Gasteiger partial charge is 0.0648 e. The Morgan fingerprint density at radius 2 is 1.67 bits per heavy atom. The van der Waals surface area contributed by atoms with Crippen LogP contribution in [0.4, 0.5) is 5.69 Å². The molecule has 0 bridgehead atoms. The average molecular weight is 333 g/mol. The van der Waals surface area contributed by atoms with Gasteiger partial charge in [-0.3, -0.25) is 5.43 Å². The van der Waals surface area contributed by atoms with Crippen molar-refractivity contribution in [3.8, 4) is 11.1 Å². The average Bonchev–Trinajstić information content (AvgIpc) is 2.98. The number of fused-ring (bicyclic) bond motifs is 3. The van der Waals surface area contributed by atoms with E-state index in [9.17, 15) is 0 Å². The first-order chi connectivity index (χ1) is 11.7. The summed E-state index contributed by atoms with van der Waals surface area (Å²) in [5.41, 5.74) is 11.6. The molecule has 0 aliphatic heterocycles. The Labute approximate surface area is 146 Å². The van der Waals surface area contributed by atoms with Gasteiger partial charge in [0.25, 0.3) is 0 Å². The maximum atomic E-state index is 5.90. The van der Waals surface area contributed by atoms with Crippen molar-refractivity contribution in [2.24, 2.45) is 5.10 Å². The number of hydrogen-bond acceptors (Lipinski definition) is 2. The number of nitrogens with one attached hydrogen (secondary N) is 1. The van der Waals surface area contributed by atoms with Gasteiger partial charge in [0, 0.05) is 5.02 Å². The number of halogens is 1. The number of anilines is 1. The van der Waals surface area contributed by atoms with Crippen LogP contribution in [0.1, 0.15) is 23.6 Å². The largest absolute Gasteiger partial charge is 0.278 e. The molecule has 118 valence electrons. The van der Waals surface area contributed by atoms with E-state index in [1.54, 1.807) is 0 Å². The molecule has 0 aromatic heterocycles. The van der Waals surface area contributed by atoms with Crippen molar-refractivity contribution >= 4 is 23.0 Å². The molecule has 0 unspecified atom stereocenters. The third-order valence-electron chi connectivity index (χ3n) is 4.41. The predicted molar refractivity (Wildman–Crippen MR) is 102 cm³/mol. The van der Waals surface area contributed by atoms with Crippen molar-refractivity contribution in [3.05, 3.63) is 88.4 Å². The molecule has 0 heterocycles. The molecule has 3 heteroatoms. The highest BCUT2D eigenvalue weighted by Crippen LogP contribution is 2.36. The van der Waals surface area contributed by atoms with E-state index >= 15 is 0 Å². The Kier molecular flexibility index (Phi) is 3.83. The molecule has 0 saturated heterocycles. The van der Waals surface area contributed by atoms with Gasteiger partial charge in [-0.1, -0.05) is 48.0 Å². The molecule has 1 N–H and O–H groups in total. The van der Waals surface area contributed by atoms with Crippen LogP contribution in [0.3, 0.4) is 0 Å². The lowest BCUT2D eigenvalue weighted by Gasteiger charge is -2.06. The zero-order valence-corrected chi connectivity index (χ0v) is 14.1. The van der Waals surface area contributed by atoms with Gasteiger partial charge >= 0.3 is 0 Å². The monoisotopic (exact) mass is 332 g/mol. The minimum Gasteiger partial charge on any atom is -0.278 e. The normalized spacial score (nSPS) is 12.7. The van der Waals surface area contributed by atoms with Crippen LogP contribution in [0.25, 0.3) is 11.1 Å². The van der Waals surface area contributed by atoms with Gasteiger partial charge in [0.15, 0.2) is 0 Å². The van der Waals surface area contributed by atoms with Crippen LogP contribution in [0, 0.1) is 0 Å². The van der Waals surface area contributed by atoms with Gasteiger partial charge < -0.3 is 0 Å². The molecule has 0 fully saturated rings. The maximum Gasteiger partial charge on any atom is 0.0648 e. The van der Waals surface area contributed by atoms with Crippen molar-refractivity contribution in [1.82, 2.24) is 0 Å². The first-order valence-electron chi connectivity index (χ1n) is 7.98. The minimum absolute atomic E-state index is 0.722. The van der Waals surface area contributed by atoms with Crippen molar-refractivity contribution in [3.63, 3.8) is 0 Å². The fourth-order valence-electron chi connectivity index (χ4n) is 3.11. The summed E-state index contributed by atoms with van der Waals surface area (Å²) in [5.74, 6) is 0. The Morgan fingerprint density at radius 1 is 0.917 bits per heavy atom. The fraction of sp³-hybridized carbons (Fsp3) is 0.0952. The summed E-state index contributed by atoms with van der Waals surface area (Å²) in [6.45, 7) is 2.02. The third-order valence-corrected chi connectivity index (χ3v) is 4.66.